The van der Waals surface area contributed by atoms with Gasteiger partial charge in [-0.25, -0.2) is 4.79 Å². The summed E-state index contributed by atoms with van der Waals surface area (Å²) in [5, 5.41) is 13.5. The molecule has 216 valence electrons. The maximum Gasteiger partial charge on any atom is 0.315 e. The molecular weight excluding hydrogens is 532 g/mol. The van der Waals surface area contributed by atoms with Crippen LogP contribution in [0.1, 0.15) is 78.9 Å². The normalized spacial score (nSPS) is 29.6. The lowest BCUT2D eigenvalue weighted by Gasteiger charge is -2.32. The first-order chi connectivity index (χ1) is 20.0. The molecule has 0 spiro atoms. The molecule has 2 heterocycles. The van der Waals surface area contributed by atoms with Crippen LogP contribution >= 0.6 is 11.8 Å². The van der Waals surface area contributed by atoms with E-state index < -0.39 is 0 Å². The van der Waals surface area contributed by atoms with Crippen molar-refractivity contribution in [3.8, 4) is 0 Å². The number of ketones is 1. The number of nitrogens with one attached hydrogen (secondary N) is 4. The Morgan fingerprint density at radius 2 is 1.73 bits per heavy atom. The lowest BCUT2D eigenvalue weighted by molar-refractivity contribution is -0.121. The van der Waals surface area contributed by atoms with E-state index in [1.807, 2.05) is 66.4 Å². The highest BCUT2D eigenvalue weighted by atomic mass is 32.2. The molecule has 2 saturated heterocycles. The SMILES string of the molecule is O=C(CCCC[C@@H]1SC[C@@H]2NC(=O)N[C@@H]21)NCC1CCC(NC2/C(=C\c3ccccc3)C(=O)c3ccccc32)CC1. The number of fused-ring (bicyclic) bond motifs is 2. The number of amides is 3. The summed E-state index contributed by atoms with van der Waals surface area (Å²) in [6, 6.07) is 18.7. The van der Waals surface area contributed by atoms with Gasteiger partial charge >= 0.3 is 6.03 Å². The molecule has 41 heavy (non-hydrogen) atoms. The van der Waals surface area contributed by atoms with Crippen LogP contribution in [-0.4, -0.2) is 53.4 Å². The molecule has 3 amide bonds. The van der Waals surface area contributed by atoms with Crippen LogP contribution in [0.2, 0.25) is 0 Å². The second kappa shape index (κ2) is 12.8. The van der Waals surface area contributed by atoms with Gasteiger partial charge in [0.15, 0.2) is 5.78 Å². The number of thioether (sulfide) groups is 1. The Hall–Kier alpha value is -3.10. The number of carbonyl (C=O) groups excluding carboxylic acids is 3. The Labute approximate surface area is 246 Å². The van der Waals surface area contributed by atoms with E-state index in [4.69, 9.17) is 0 Å². The van der Waals surface area contributed by atoms with Gasteiger partial charge in [-0.2, -0.15) is 11.8 Å². The molecule has 8 heteroatoms. The Morgan fingerprint density at radius 3 is 2.56 bits per heavy atom. The summed E-state index contributed by atoms with van der Waals surface area (Å²) in [5.41, 5.74) is 3.74. The lowest BCUT2D eigenvalue weighted by atomic mass is 9.85. The zero-order valence-corrected chi connectivity index (χ0v) is 24.3. The van der Waals surface area contributed by atoms with Gasteiger partial charge in [-0.15, -0.1) is 0 Å². The summed E-state index contributed by atoms with van der Waals surface area (Å²) in [6.45, 7) is 0.745. The van der Waals surface area contributed by atoms with Crippen molar-refractivity contribution < 1.29 is 14.4 Å². The summed E-state index contributed by atoms with van der Waals surface area (Å²) >= 11 is 1.93. The minimum absolute atomic E-state index is 0.0434. The van der Waals surface area contributed by atoms with Crippen LogP contribution in [0.5, 0.6) is 0 Å². The average Bonchev–Trinajstić information content (AvgIpc) is 3.63. The van der Waals surface area contributed by atoms with E-state index in [-0.39, 0.29) is 35.8 Å². The highest BCUT2D eigenvalue weighted by Crippen LogP contribution is 2.38. The Balaban J connectivity index is 0.933. The fraction of sp³-hybridized carbons (Fsp3) is 0.485. The molecule has 0 aromatic heterocycles. The van der Waals surface area contributed by atoms with Crippen molar-refractivity contribution in [3.63, 3.8) is 0 Å². The molecule has 2 aliphatic carbocycles. The molecule has 1 saturated carbocycles. The van der Waals surface area contributed by atoms with Gasteiger partial charge in [0.25, 0.3) is 0 Å². The summed E-state index contributed by atoms with van der Waals surface area (Å²) in [7, 11) is 0. The van der Waals surface area contributed by atoms with Crippen molar-refractivity contribution in [1.82, 2.24) is 21.3 Å². The summed E-state index contributed by atoms with van der Waals surface area (Å²) in [6.07, 6.45) is 9.76. The quantitative estimate of drug-likeness (QED) is 0.183. The van der Waals surface area contributed by atoms with E-state index in [2.05, 4.69) is 27.3 Å². The molecular formula is C33H40N4O3S. The van der Waals surface area contributed by atoms with Gasteiger partial charge in [0.05, 0.1) is 18.1 Å². The van der Waals surface area contributed by atoms with Gasteiger partial charge in [-0.3, -0.25) is 9.59 Å². The Bertz CT molecular complexity index is 1290. The highest BCUT2D eigenvalue weighted by Gasteiger charge is 2.42. The predicted molar refractivity (Wildman–Crippen MR) is 164 cm³/mol. The average molecular weight is 573 g/mol. The number of hydrogen-bond acceptors (Lipinski definition) is 5. The molecule has 4 aliphatic rings. The van der Waals surface area contributed by atoms with Crippen LogP contribution < -0.4 is 21.3 Å². The molecule has 2 aromatic carbocycles. The van der Waals surface area contributed by atoms with Gasteiger partial charge in [0.1, 0.15) is 0 Å². The second-order valence-corrected chi connectivity index (χ2v) is 13.2. The molecule has 7 nitrogen and oxygen atoms in total. The number of carbonyl (C=O) groups is 3. The zero-order valence-electron chi connectivity index (χ0n) is 23.4. The van der Waals surface area contributed by atoms with Crippen LogP contribution in [0.25, 0.3) is 6.08 Å². The van der Waals surface area contributed by atoms with E-state index in [1.54, 1.807) is 0 Å². The van der Waals surface area contributed by atoms with Crippen molar-refractivity contribution >= 4 is 35.6 Å². The summed E-state index contributed by atoms with van der Waals surface area (Å²) < 4.78 is 0. The number of unbranched alkanes of at least 4 members (excludes halogenated alkanes) is 1. The van der Waals surface area contributed by atoms with Gasteiger partial charge in [0, 0.05) is 41.1 Å². The zero-order chi connectivity index (χ0) is 28.2. The lowest BCUT2D eigenvalue weighted by Crippen LogP contribution is -2.38. The number of Topliss-reactive ketones (excluding diaryl/α,β-unsaturated/α-hetero) is 1. The minimum Gasteiger partial charge on any atom is -0.356 e. The smallest absolute Gasteiger partial charge is 0.315 e. The molecule has 2 aromatic rings. The van der Waals surface area contributed by atoms with Crippen LogP contribution in [0.3, 0.4) is 0 Å². The van der Waals surface area contributed by atoms with Crippen molar-refractivity contribution in [2.75, 3.05) is 12.3 Å². The summed E-state index contributed by atoms with van der Waals surface area (Å²) in [4.78, 5) is 37.4. The Morgan fingerprint density at radius 1 is 0.951 bits per heavy atom. The number of rotatable bonds is 10. The molecule has 1 unspecified atom stereocenters. The highest BCUT2D eigenvalue weighted by molar-refractivity contribution is 8.00. The second-order valence-electron chi connectivity index (χ2n) is 11.9. The molecule has 6 rings (SSSR count). The third-order valence-electron chi connectivity index (χ3n) is 9.13. The van der Waals surface area contributed by atoms with Crippen molar-refractivity contribution in [2.24, 2.45) is 5.92 Å². The van der Waals surface area contributed by atoms with Crippen molar-refractivity contribution in [1.29, 1.82) is 0 Å². The number of hydrogen-bond donors (Lipinski definition) is 4. The molecule has 4 N–H and O–H groups in total. The molecule has 0 radical (unpaired) electrons. The Kier molecular flexibility index (Phi) is 8.77. The number of benzene rings is 2. The molecule has 3 fully saturated rings. The fourth-order valence-corrected chi connectivity index (χ4v) is 8.40. The standard InChI is InChI=1S/C33H40N4O3S/c38-29(13-7-6-12-28-31-27(20-41-28)36-33(40)37-31)34-19-22-14-16-23(17-15-22)35-30-24-10-4-5-11-25(24)32(39)26(30)18-21-8-2-1-3-9-21/h1-5,8-11,18,22-23,27-28,30-31,35H,6-7,12-17,19-20H2,(H,34,38)(H2,36,37,40)/b26-18+/t22?,23?,27-,28-,30?,31-/m0/s1. The van der Waals surface area contributed by atoms with Gasteiger partial charge in [-0.1, -0.05) is 61.0 Å². The van der Waals surface area contributed by atoms with Crippen LogP contribution in [0, 0.1) is 5.92 Å². The van der Waals surface area contributed by atoms with E-state index in [1.165, 1.54) is 0 Å². The van der Waals surface area contributed by atoms with Crippen LogP contribution in [0.4, 0.5) is 4.79 Å². The minimum atomic E-state index is -0.0881. The molecule has 0 bridgehead atoms. The maximum atomic E-state index is 13.3. The van der Waals surface area contributed by atoms with Crippen LogP contribution in [0.15, 0.2) is 60.2 Å². The largest absolute Gasteiger partial charge is 0.356 e. The van der Waals surface area contributed by atoms with Gasteiger partial charge in [-0.05, 0) is 61.6 Å². The molecule has 4 atom stereocenters. The third-order valence-corrected chi connectivity index (χ3v) is 10.6. The topological polar surface area (TPSA) is 99.3 Å². The number of urea groups is 1. The molecule has 2 aliphatic heterocycles. The van der Waals surface area contributed by atoms with Crippen molar-refractivity contribution in [2.45, 2.75) is 80.8 Å². The van der Waals surface area contributed by atoms with Gasteiger partial charge < -0.3 is 21.3 Å². The predicted octanol–water partition coefficient (Wildman–Crippen LogP) is 5.00. The van der Waals surface area contributed by atoms with Crippen LogP contribution in [-0.2, 0) is 4.79 Å². The fourth-order valence-electron chi connectivity index (χ4n) is 6.86. The maximum absolute atomic E-state index is 13.3. The van der Waals surface area contributed by atoms with E-state index >= 15 is 0 Å². The first kappa shape index (κ1) is 28.0. The van der Waals surface area contributed by atoms with E-state index in [9.17, 15) is 14.4 Å². The van der Waals surface area contributed by atoms with Gasteiger partial charge in [0.2, 0.25) is 5.91 Å². The summed E-state index contributed by atoms with van der Waals surface area (Å²) in [5.74, 6) is 1.74. The van der Waals surface area contributed by atoms with E-state index in [0.29, 0.717) is 23.6 Å². The van der Waals surface area contributed by atoms with Crippen molar-refractivity contribution in [3.05, 3.63) is 76.9 Å². The monoisotopic (exact) mass is 572 g/mol. The third kappa shape index (κ3) is 6.54. The van der Waals surface area contributed by atoms with E-state index in [0.717, 1.165) is 79.5 Å². The first-order valence-electron chi connectivity index (χ1n) is 15.2. The first-order valence-corrected chi connectivity index (χ1v) is 16.2.